The molecule has 2 rings (SSSR count). The first-order valence-electron chi connectivity index (χ1n) is 6.12. The highest BCUT2D eigenvalue weighted by Gasteiger charge is 2.17. The molecule has 1 aromatic heterocycles. The van der Waals surface area contributed by atoms with E-state index in [-0.39, 0.29) is 0 Å². The second-order valence-corrected chi connectivity index (χ2v) is 5.89. The number of fused-ring (bicyclic) bond motifs is 1. The lowest BCUT2D eigenvalue weighted by Crippen LogP contribution is -2.04. The van der Waals surface area contributed by atoms with Crippen LogP contribution < -0.4 is 10.1 Å². The Morgan fingerprint density at radius 3 is 2.75 bits per heavy atom. The summed E-state index contributed by atoms with van der Waals surface area (Å²) in [7, 11) is 1.61. The highest BCUT2D eigenvalue weighted by Crippen LogP contribution is 2.42. The van der Waals surface area contributed by atoms with Crippen LogP contribution in [0.15, 0.2) is 21.2 Å². The average Bonchev–Trinajstić information content (AvgIpc) is 2.45. The number of ether oxygens (including phenoxy) is 1. The number of anilines is 1. The Hall–Kier alpha value is -1.32. The SMILES string of the molecule is CCCNc1c(C#N)cnc2c(Br)cc(Br)c(OC)c12. The molecule has 0 aliphatic carbocycles. The van der Waals surface area contributed by atoms with Crippen molar-refractivity contribution in [2.75, 3.05) is 19.0 Å². The molecule has 0 aliphatic rings. The molecule has 20 heavy (non-hydrogen) atoms. The Balaban J connectivity index is 2.86. The van der Waals surface area contributed by atoms with Crippen LogP contribution in [0.25, 0.3) is 10.9 Å². The first-order valence-corrected chi connectivity index (χ1v) is 7.71. The third kappa shape index (κ3) is 2.60. The lowest BCUT2D eigenvalue weighted by Gasteiger charge is -2.15. The molecule has 4 nitrogen and oxygen atoms in total. The molecule has 0 saturated heterocycles. The summed E-state index contributed by atoms with van der Waals surface area (Å²) in [6, 6.07) is 4.07. The molecule has 1 heterocycles. The van der Waals surface area contributed by atoms with Gasteiger partial charge >= 0.3 is 0 Å². The first-order chi connectivity index (χ1) is 9.63. The Kier molecular flexibility index (Phi) is 4.84. The highest BCUT2D eigenvalue weighted by molar-refractivity contribution is 9.11. The van der Waals surface area contributed by atoms with Crippen molar-refractivity contribution in [3.8, 4) is 11.8 Å². The number of nitrogens with zero attached hydrogens (tertiary/aromatic N) is 2. The first kappa shape index (κ1) is 15.1. The fourth-order valence-corrected chi connectivity index (χ4v) is 3.42. The molecule has 0 atom stereocenters. The molecular weight excluding hydrogens is 386 g/mol. The van der Waals surface area contributed by atoms with Gasteiger partial charge in [0.05, 0.1) is 33.7 Å². The van der Waals surface area contributed by atoms with E-state index in [1.54, 1.807) is 13.3 Å². The van der Waals surface area contributed by atoms with Crippen molar-refractivity contribution in [3.05, 3.63) is 26.8 Å². The maximum absolute atomic E-state index is 9.29. The Labute approximate surface area is 134 Å². The molecule has 0 spiro atoms. The van der Waals surface area contributed by atoms with Gasteiger partial charge in [0.2, 0.25) is 0 Å². The summed E-state index contributed by atoms with van der Waals surface area (Å²) in [5.74, 6) is 0.673. The zero-order chi connectivity index (χ0) is 14.7. The van der Waals surface area contributed by atoms with Gasteiger partial charge < -0.3 is 10.1 Å². The largest absolute Gasteiger partial charge is 0.495 e. The number of nitrogens with one attached hydrogen (secondary N) is 1. The number of benzene rings is 1. The van der Waals surface area contributed by atoms with Crippen LogP contribution in [0.2, 0.25) is 0 Å². The van der Waals surface area contributed by atoms with Crippen LogP contribution in [0.3, 0.4) is 0 Å². The molecule has 0 aliphatic heterocycles. The third-order valence-electron chi connectivity index (χ3n) is 2.88. The van der Waals surface area contributed by atoms with E-state index in [9.17, 15) is 5.26 Å². The van der Waals surface area contributed by atoms with E-state index in [1.807, 2.05) is 6.07 Å². The molecule has 104 valence electrons. The van der Waals surface area contributed by atoms with Gasteiger partial charge in [0.15, 0.2) is 0 Å². The fraction of sp³-hybridized carbons (Fsp3) is 0.286. The van der Waals surface area contributed by atoms with Crippen molar-refractivity contribution in [3.63, 3.8) is 0 Å². The quantitative estimate of drug-likeness (QED) is 0.825. The van der Waals surface area contributed by atoms with Crippen LogP contribution in [0.1, 0.15) is 18.9 Å². The lowest BCUT2D eigenvalue weighted by molar-refractivity contribution is 0.417. The van der Waals surface area contributed by atoms with Crippen LogP contribution in [0, 0.1) is 11.3 Å². The predicted octanol–water partition coefficient (Wildman–Crippen LogP) is 4.46. The van der Waals surface area contributed by atoms with Gasteiger partial charge in [-0.05, 0) is 44.3 Å². The summed E-state index contributed by atoms with van der Waals surface area (Å²) in [6.07, 6.45) is 2.55. The second-order valence-electron chi connectivity index (χ2n) is 4.18. The van der Waals surface area contributed by atoms with E-state index in [4.69, 9.17) is 4.74 Å². The van der Waals surface area contributed by atoms with Crippen LogP contribution in [0.4, 0.5) is 5.69 Å². The highest BCUT2D eigenvalue weighted by atomic mass is 79.9. The fourth-order valence-electron chi connectivity index (χ4n) is 2.00. The molecule has 1 aromatic carbocycles. The molecule has 0 bridgehead atoms. The minimum Gasteiger partial charge on any atom is -0.495 e. The lowest BCUT2D eigenvalue weighted by atomic mass is 10.1. The zero-order valence-corrected chi connectivity index (χ0v) is 14.3. The minimum absolute atomic E-state index is 0.509. The zero-order valence-electron chi connectivity index (χ0n) is 11.1. The van der Waals surface area contributed by atoms with Gasteiger partial charge in [0.25, 0.3) is 0 Å². The summed E-state index contributed by atoms with van der Waals surface area (Å²) in [6.45, 7) is 2.85. The molecule has 0 radical (unpaired) electrons. The Morgan fingerprint density at radius 1 is 1.40 bits per heavy atom. The van der Waals surface area contributed by atoms with E-state index in [2.05, 4.69) is 55.2 Å². The molecule has 0 fully saturated rings. The van der Waals surface area contributed by atoms with E-state index >= 15 is 0 Å². The summed E-state index contributed by atoms with van der Waals surface area (Å²) >= 11 is 6.98. The molecule has 0 unspecified atom stereocenters. The molecular formula is C14H13Br2N3O. The predicted molar refractivity (Wildman–Crippen MR) is 87.2 cm³/mol. The monoisotopic (exact) mass is 397 g/mol. The summed E-state index contributed by atoms with van der Waals surface area (Å²) in [5.41, 5.74) is 2.04. The van der Waals surface area contributed by atoms with Gasteiger partial charge in [0.1, 0.15) is 11.8 Å². The smallest absolute Gasteiger partial charge is 0.144 e. The van der Waals surface area contributed by atoms with Crippen molar-refractivity contribution in [1.29, 1.82) is 5.26 Å². The molecule has 1 N–H and O–H groups in total. The molecule has 2 aromatic rings. The van der Waals surface area contributed by atoms with Crippen molar-refractivity contribution >= 4 is 48.5 Å². The number of methoxy groups -OCH3 is 1. The number of pyridine rings is 1. The standard InChI is InChI=1S/C14H13Br2N3O/c1-3-4-18-12-8(6-17)7-19-13-9(15)5-10(16)14(20-2)11(12)13/h5,7H,3-4H2,1-2H3,(H,18,19). The van der Waals surface area contributed by atoms with E-state index in [0.717, 1.165) is 38.5 Å². The van der Waals surface area contributed by atoms with Crippen LogP contribution >= 0.6 is 31.9 Å². The summed E-state index contributed by atoms with van der Waals surface area (Å²) in [5, 5.41) is 13.4. The topological polar surface area (TPSA) is 57.9 Å². The summed E-state index contributed by atoms with van der Waals surface area (Å²) in [4.78, 5) is 4.36. The number of nitriles is 1. The number of hydrogen-bond acceptors (Lipinski definition) is 4. The number of aromatic nitrogens is 1. The van der Waals surface area contributed by atoms with Crippen LogP contribution in [-0.2, 0) is 0 Å². The minimum atomic E-state index is 0.509. The van der Waals surface area contributed by atoms with Gasteiger partial charge in [-0.25, -0.2) is 0 Å². The van der Waals surface area contributed by atoms with Crippen LogP contribution in [-0.4, -0.2) is 18.6 Å². The van der Waals surface area contributed by atoms with Crippen molar-refractivity contribution in [1.82, 2.24) is 4.98 Å². The van der Waals surface area contributed by atoms with Crippen molar-refractivity contribution < 1.29 is 4.74 Å². The Bertz CT molecular complexity index is 695. The van der Waals surface area contributed by atoms with Crippen molar-refractivity contribution in [2.24, 2.45) is 0 Å². The van der Waals surface area contributed by atoms with E-state index < -0.39 is 0 Å². The second kappa shape index (κ2) is 6.42. The normalized spacial score (nSPS) is 10.3. The number of halogens is 2. The number of hydrogen-bond donors (Lipinski definition) is 1. The van der Waals surface area contributed by atoms with E-state index in [0.29, 0.717) is 11.3 Å². The Morgan fingerprint density at radius 2 is 2.15 bits per heavy atom. The number of rotatable bonds is 4. The van der Waals surface area contributed by atoms with Gasteiger partial charge in [-0.2, -0.15) is 5.26 Å². The maximum atomic E-state index is 9.29. The van der Waals surface area contributed by atoms with E-state index in [1.165, 1.54) is 0 Å². The van der Waals surface area contributed by atoms with Gasteiger partial charge in [-0.15, -0.1) is 0 Å². The van der Waals surface area contributed by atoms with Gasteiger partial charge in [-0.1, -0.05) is 6.92 Å². The average molecular weight is 399 g/mol. The van der Waals surface area contributed by atoms with Gasteiger partial charge in [-0.3, -0.25) is 4.98 Å². The third-order valence-corrected chi connectivity index (χ3v) is 4.07. The summed E-state index contributed by atoms with van der Waals surface area (Å²) < 4.78 is 7.14. The van der Waals surface area contributed by atoms with Gasteiger partial charge in [0, 0.05) is 17.2 Å². The van der Waals surface area contributed by atoms with Crippen molar-refractivity contribution in [2.45, 2.75) is 13.3 Å². The van der Waals surface area contributed by atoms with Crippen LogP contribution in [0.5, 0.6) is 5.75 Å². The maximum Gasteiger partial charge on any atom is 0.144 e. The molecule has 0 saturated carbocycles. The molecule has 0 amide bonds. The molecule has 6 heteroatoms.